The van der Waals surface area contributed by atoms with E-state index in [1.807, 2.05) is 12.1 Å². The number of anilines is 1. The molecule has 0 radical (unpaired) electrons. The van der Waals surface area contributed by atoms with Gasteiger partial charge in [-0.2, -0.15) is 0 Å². The van der Waals surface area contributed by atoms with Crippen LogP contribution in [-0.2, 0) is 0 Å². The molecule has 15 heavy (non-hydrogen) atoms. The lowest BCUT2D eigenvalue weighted by Gasteiger charge is -2.29. The highest BCUT2D eigenvalue weighted by atomic mass is 35.5. The lowest BCUT2D eigenvalue weighted by Crippen LogP contribution is -2.37. The van der Waals surface area contributed by atoms with E-state index in [4.69, 9.17) is 11.6 Å². The van der Waals surface area contributed by atoms with Gasteiger partial charge in [-0.05, 0) is 44.2 Å². The number of nitrogens with one attached hydrogen (secondary N) is 1. The Kier molecular flexibility index (Phi) is 3.49. The van der Waals surface area contributed by atoms with Crippen molar-refractivity contribution in [3.63, 3.8) is 0 Å². The van der Waals surface area contributed by atoms with Crippen molar-refractivity contribution in [3.05, 3.63) is 29.3 Å². The van der Waals surface area contributed by atoms with Crippen LogP contribution in [0.1, 0.15) is 13.3 Å². The van der Waals surface area contributed by atoms with Crippen molar-refractivity contribution in [2.24, 2.45) is 0 Å². The molecule has 1 saturated heterocycles. The molecule has 0 bridgehead atoms. The van der Waals surface area contributed by atoms with Crippen molar-refractivity contribution >= 4 is 17.3 Å². The molecule has 0 aliphatic carbocycles. The Balaban J connectivity index is 2.16. The summed E-state index contributed by atoms with van der Waals surface area (Å²) in [6.45, 7) is 5.56. The molecule has 2 rings (SSSR count). The molecular formula is C12H17ClN2. The Hall–Kier alpha value is -0.730. The van der Waals surface area contributed by atoms with Gasteiger partial charge in [0, 0.05) is 29.8 Å². The molecule has 1 aliphatic heterocycles. The van der Waals surface area contributed by atoms with E-state index in [9.17, 15) is 0 Å². The van der Waals surface area contributed by atoms with Gasteiger partial charge in [0.2, 0.25) is 0 Å². The Labute approximate surface area is 96.2 Å². The Bertz CT molecular complexity index is 310. The number of rotatable bonds is 1. The van der Waals surface area contributed by atoms with Crippen molar-refractivity contribution in [2.75, 3.05) is 24.5 Å². The van der Waals surface area contributed by atoms with Gasteiger partial charge < -0.3 is 10.2 Å². The summed E-state index contributed by atoms with van der Waals surface area (Å²) in [7, 11) is 0. The van der Waals surface area contributed by atoms with E-state index >= 15 is 0 Å². The number of nitrogens with zero attached hydrogens (tertiary/aromatic N) is 1. The maximum absolute atomic E-state index is 5.89. The molecule has 1 heterocycles. The first-order chi connectivity index (χ1) is 7.27. The van der Waals surface area contributed by atoms with Crippen LogP contribution in [-0.4, -0.2) is 25.7 Å². The van der Waals surface area contributed by atoms with Crippen molar-refractivity contribution in [1.82, 2.24) is 5.32 Å². The number of hydrogen-bond acceptors (Lipinski definition) is 2. The lowest BCUT2D eigenvalue weighted by atomic mass is 10.2. The fraction of sp³-hybridized carbons (Fsp3) is 0.500. The Morgan fingerprint density at radius 3 is 2.80 bits per heavy atom. The maximum atomic E-state index is 5.89. The first-order valence-corrected chi connectivity index (χ1v) is 5.88. The van der Waals surface area contributed by atoms with E-state index in [0.717, 1.165) is 24.7 Å². The van der Waals surface area contributed by atoms with Gasteiger partial charge in [0.05, 0.1) is 0 Å². The van der Waals surface area contributed by atoms with Crippen LogP contribution < -0.4 is 10.2 Å². The zero-order valence-corrected chi connectivity index (χ0v) is 9.80. The van der Waals surface area contributed by atoms with Crippen molar-refractivity contribution in [2.45, 2.75) is 19.4 Å². The highest BCUT2D eigenvalue weighted by Gasteiger charge is 2.16. The minimum absolute atomic E-state index is 0.550. The number of hydrogen-bond donors (Lipinski definition) is 1. The molecule has 1 fully saturated rings. The lowest BCUT2D eigenvalue weighted by molar-refractivity contribution is 0.630. The third-order valence-corrected chi connectivity index (χ3v) is 3.13. The molecule has 3 heteroatoms. The largest absolute Gasteiger partial charge is 0.368 e. The third-order valence-electron chi connectivity index (χ3n) is 2.88. The van der Waals surface area contributed by atoms with E-state index < -0.39 is 0 Å². The van der Waals surface area contributed by atoms with Gasteiger partial charge in [-0.3, -0.25) is 0 Å². The third kappa shape index (κ3) is 2.64. The summed E-state index contributed by atoms with van der Waals surface area (Å²) >= 11 is 5.89. The van der Waals surface area contributed by atoms with Crippen molar-refractivity contribution in [3.8, 4) is 0 Å². The molecule has 1 N–H and O–H groups in total. The first kappa shape index (κ1) is 10.8. The molecule has 0 aromatic heterocycles. The molecule has 0 spiro atoms. The van der Waals surface area contributed by atoms with E-state index in [1.54, 1.807) is 0 Å². The topological polar surface area (TPSA) is 15.3 Å². The Morgan fingerprint density at radius 1 is 1.33 bits per heavy atom. The monoisotopic (exact) mass is 224 g/mol. The minimum Gasteiger partial charge on any atom is -0.368 e. The summed E-state index contributed by atoms with van der Waals surface area (Å²) < 4.78 is 0. The van der Waals surface area contributed by atoms with Crippen molar-refractivity contribution in [1.29, 1.82) is 0 Å². The maximum Gasteiger partial charge on any atom is 0.0407 e. The van der Waals surface area contributed by atoms with Crippen LogP contribution in [0.15, 0.2) is 24.3 Å². The summed E-state index contributed by atoms with van der Waals surface area (Å²) in [6.07, 6.45) is 1.20. The van der Waals surface area contributed by atoms with Gasteiger partial charge in [-0.25, -0.2) is 0 Å². The fourth-order valence-electron chi connectivity index (χ4n) is 2.03. The van der Waals surface area contributed by atoms with Gasteiger partial charge in [0.1, 0.15) is 0 Å². The van der Waals surface area contributed by atoms with Crippen LogP contribution in [0, 0.1) is 0 Å². The van der Waals surface area contributed by atoms with Crippen LogP contribution in [0.3, 0.4) is 0 Å². The second-order valence-electron chi connectivity index (χ2n) is 4.08. The van der Waals surface area contributed by atoms with E-state index in [0.29, 0.717) is 6.04 Å². The SMILES string of the molecule is CC1CNCCCN1c1ccc(Cl)cc1. The number of halogens is 1. The fourth-order valence-corrected chi connectivity index (χ4v) is 2.16. The normalized spacial score (nSPS) is 22.5. The number of benzene rings is 1. The molecule has 0 amide bonds. The highest BCUT2D eigenvalue weighted by Crippen LogP contribution is 2.20. The molecule has 1 aliphatic rings. The van der Waals surface area contributed by atoms with Crippen molar-refractivity contribution < 1.29 is 0 Å². The minimum atomic E-state index is 0.550. The summed E-state index contributed by atoms with van der Waals surface area (Å²) in [5, 5.41) is 4.25. The van der Waals surface area contributed by atoms with E-state index in [-0.39, 0.29) is 0 Å². The quantitative estimate of drug-likeness (QED) is 0.789. The molecule has 1 unspecified atom stereocenters. The summed E-state index contributed by atoms with van der Waals surface area (Å²) in [4.78, 5) is 2.44. The predicted octanol–water partition coefficient (Wildman–Crippen LogP) is 2.53. The van der Waals surface area contributed by atoms with Gasteiger partial charge in [0.15, 0.2) is 0 Å². The van der Waals surface area contributed by atoms with Crippen LogP contribution in [0.5, 0.6) is 0 Å². The second-order valence-corrected chi connectivity index (χ2v) is 4.51. The van der Waals surface area contributed by atoms with Gasteiger partial charge >= 0.3 is 0 Å². The van der Waals surface area contributed by atoms with Crippen LogP contribution in [0.25, 0.3) is 0 Å². The average molecular weight is 225 g/mol. The summed E-state index contributed by atoms with van der Waals surface area (Å²) in [5.41, 5.74) is 1.27. The van der Waals surface area contributed by atoms with Gasteiger partial charge in [-0.15, -0.1) is 0 Å². The van der Waals surface area contributed by atoms with Crippen LogP contribution >= 0.6 is 11.6 Å². The molecule has 1 aromatic carbocycles. The molecule has 0 saturated carbocycles. The first-order valence-electron chi connectivity index (χ1n) is 5.50. The average Bonchev–Trinajstić information content (AvgIpc) is 2.44. The highest BCUT2D eigenvalue weighted by molar-refractivity contribution is 6.30. The van der Waals surface area contributed by atoms with Gasteiger partial charge in [-0.1, -0.05) is 11.6 Å². The zero-order chi connectivity index (χ0) is 10.7. The predicted molar refractivity (Wildman–Crippen MR) is 65.7 cm³/mol. The van der Waals surface area contributed by atoms with E-state index in [1.165, 1.54) is 12.1 Å². The van der Waals surface area contributed by atoms with E-state index in [2.05, 4.69) is 29.3 Å². The molecule has 1 atom stereocenters. The molecule has 1 aromatic rings. The van der Waals surface area contributed by atoms with Gasteiger partial charge in [0.25, 0.3) is 0 Å². The molecule has 2 nitrogen and oxygen atoms in total. The summed E-state index contributed by atoms with van der Waals surface area (Å²) in [5.74, 6) is 0. The standard InChI is InChI=1S/C12H17ClN2/c1-10-9-14-7-2-8-15(10)12-5-3-11(13)4-6-12/h3-6,10,14H,2,7-9H2,1H3. The van der Waals surface area contributed by atoms with Crippen LogP contribution in [0.4, 0.5) is 5.69 Å². The smallest absolute Gasteiger partial charge is 0.0407 e. The Morgan fingerprint density at radius 2 is 2.07 bits per heavy atom. The van der Waals surface area contributed by atoms with Crippen LogP contribution in [0.2, 0.25) is 5.02 Å². The second kappa shape index (κ2) is 4.86. The summed E-state index contributed by atoms with van der Waals surface area (Å²) in [6, 6.07) is 8.67. The molecule has 82 valence electrons. The zero-order valence-electron chi connectivity index (χ0n) is 9.04. The molecular weight excluding hydrogens is 208 g/mol.